The van der Waals surface area contributed by atoms with Gasteiger partial charge in [-0.3, -0.25) is 9.59 Å². The number of carbonyl (C=O) groups is 2. The maximum absolute atomic E-state index is 12.6. The highest BCUT2D eigenvalue weighted by atomic mass is 16.2. The Labute approximate surface area is 231 Å². The second-order valence-electron chi connectivity index (χ2n) is 9.03. The number of benzene rings is 2. The summed E-state index contributed by atoms with van der Waals surface area (Å²) in [6.07, 6.45) is 7.21. The van der Waals surface area contributed by atoms with Gasteiger partial charge in [0.15, 0.2) is 12.4 Å². The quantitative estimate of drug-likeness (QED) is 0.182. The number of aromatic nitrogens is 3. The number of fused-ring (bicyclic) bond motifs is 2. The smallest absolute Gasteiger partial charge is 0.266 e. The van der Waals surface area contributed by atoms with Gasteiger partial charge in [0.05, 0.1) is 12.4 Å². The molecule has 5 aromatic rings. The summed E-state index contributed by atoms with van der Waals surface area (Å²) in [7, 11) is 0. The van der Waals surface area contributed by atoms with Gasteiger partial charge >= 0.3 is 0 Å². The highest BCUT2D eigenvalue weighted by Gasteiger charge is 2.12. The van der Waals surface area contributed by atoms with Crippen LogP contribution in [-0.2, 0) is 13.1 Å². The van der Waals surface area contributed by atoms with Crippen molar-refractivity contribution in [3.63, 3.8) is 0 Å². The van der Waals surface area contributed by atoms with Gasteiger partial charge in [-0.05, 0) is 73.5 Å². The number of nitrogens with one attached hydrogen (secondary N) is 2. The lowest BCUT2D eigenvalue weighted by atomic mass is 10.1. The molecule has 0 saturated heterocycles. The molecule has 0 radical (unpaired) electrons. The maximum atomic E-state index is 12.6. The Kier molecular flexibility index (Phi) is 7.92. The third kappa shape index (κ3) is 5.88. The Morgan fingerprint density at radius 3 is 1.62 bits per heavy atom. The fourth-order valence-electron chi connectivity index (χ4n) is 4.44. The van der Waals surface area contributed by atoms with Gasteiger partial charge in [0.2, 0.25) is 11.0 Å². The summed E-state index contributed by atoms with van der Waals surface area (Å²) in [5.41, 5.74) is 9.00. The first-order valence-corrected chi connectivity index (χ1v) is 13.0. The second-order valence-corrected chi connectivity index (χ2v) is 9.03. The van der Waals surface area contributed by atoms with E-state index >= 15 is 0 Å². The van der Waals surface area contributed by atoms with Crippen molar-refractivity contribution < 1.29 is 18.7 Å². The lowest BCUT2D eigenvalue weighted by molar-refractivity contribution is -0.668. The van der Waals surface area contributed by atoms with Crippen LogP contribution in [0.15, 0.2) is 101 Å². The second kappa shape index (κ2) is 12.0. The molecule has 0 saturated carbocycles. The van der Waals surface area contributed by atoms with E-state index in [1.54, 1.807) is 18.5 Å². The Morgan fingerprint density at radius 1 is 0.700 bits per heavy atom. The Hall–Kier alpha value is -5.31. The van der Waals surface area contributed by atoms with Crippen LogP contribution in [0.25, 0.3) is 21.8 Å². The van der Waals surface area contributed by atoms with Crippen LogP contribution in [0.2, 0.25) is 0 Å². The van der Waals surface area contributed by atoms with E-state index in [0.717, 1.165) is 46.0 Å². The van der Waals surface area contributed by atoms with E-state index < -0.39 is 11.8 Å². The van der Waals surface area contributed by atoms with Gasteiger partial charge in [0.1, 0.15) is 24.5 Å². The molecule has 2 amide bonds. The van der Waals surface area contributed by atoms with E-state index in [1.807, 2.05) is 73.1 Å². The zero-order chi connectivity index (χ0) is 27.9. The number of amides is 2. The highest BCUT2D eigenvalue weighted by molar-refractivity contribution is 5.97. The van der Waals surface area contributed by atoms with E-state index in [1.165, 1.54) is 12.1 Å². The monoisotopic (exact) mass is 531 g/mol. The molecule has 2 N–H and O–H groups in total. The Bertz CT molecular complexity index is 1650. The molecular formula is C31H29N7O2+2. The van der Waals surface area contributed by atoms with E-state index in [9.17, 15) is 9.59 Å². The predicted octanol–water partition coefficient (Wildman–Crippen LogP) is 3.53. The Balaban J connectivity index is 1.21. The van der Waals surface area contributed by atoms with Crippen LogP contribution in [0.4, 0.5) is 0 Å². The molecule has 9 heteroatoms. The summed E-state index contributed by atoms with van der Waals surface area (Å²) in [6, 6.07) is 24.6. The molecule has 3 heterocycles. The standard InChI is InChI=1S/C31H27N7O2/c1-3-37-16-6-8-24-18-22(12-14-28(24)37)20-32-35-30(39)26-10-5-11-27(34-26)31(40)36-33-21-23-13-15-29-25(19-23)9-7-17-38(29)4-2/h5-21H,3-4H2,1-2H3/p+2. The minimum absolute atomic E-state index is 0.0648. The number of nitrogens with zero attached hydrogens (tertiary/aromatic N) is 5. The molecule has 40 heavy (non-hydrogen) atoms. The van der Waals surface area contributed by atoms with Crippen molar-refractivity contribution >= 4 is 46.0 Å². The molecule has 198 valence electrons. The topological polar surface area (TPSA) is 104 Å². The molecule has 0 fully saturated rings. The highest BCUT2D eigenvalue weighted by Crippen LogP contribution is 2.12. The number of carbonyl (C=O) groups excluding carboxylic acids is 2. The third-order valence-corrected chi connectivity index (χ3v) is 6.46. The average molecular weight is 532 g/mol. The van der Waals surface area contributed by atoms with Crippen LogP contribution >= 0.6 is 0 Å². The van der Waals surface area contributed by atoms with E-state index in [-0.39, 0.29) is 11.4 Å². The lowest BCUT2D eigenvalue weighted by Crippen LogP contribution is -2.32. The number of hydrogen-bond acceptors (Lipinski definition) is 5. The summed E-state index contributed by atoms with van der Waals surface area (Å²) < 4.78 is 4.31. The fraction of sp³-hybridized carbons (Fsp3) is 0.129. The van der Waals surface area contributed by atoms with Crippen molar-refractivity contribution in [2.75, 3.05) is 0 Å². The average Bonchev–Trinajstić information content (AvgIpc) is 3.00. The summed E-state index contributed by atoms with van der Waals surface area (Å²) in [4.78, 5) is 29.4. The van der Waals surface area contributed by atoms with Crippen molar-refractivity contribution in [3.8, 4) is 0 Å². The van der Waals surface area contributed by atoms with Crippen LogP contribution in [0, 0.1) is 0 Å². The Morgan fingerprint density at radius 2 is 1.18 bits per heavy atom. The van der Waals surface area contributed by atoms with Crippen LogP contribution < -0.4 is 20.0 Å². The van der Waals surface area contributed by atoms with Crippen molar-refractivity contribution in [1.29, 1.82) is 0 Å². The molecule has 0 aliphatic rings. The number of hydrazone groups is 2. The molecule has 3 aromatic heterocycles. The fourth-order valence-corrected chi connectivity index (χ4v) is 4.44. The van der Waals surface area contributed by atoms with Gasteiger partial charge in [0.25, 0.3) is 11.8 Å². The first-order valence-electron chi connectivity index (χ1n) is 13.0. The minimum atomic E-state index is -0.528. The minimum Gasteiger partial charge on any atom is -0.266 e. The van der Waals surface area contributed by atoms with Gasteiger partial charge in [0, 0.05) is 35.0 Å². The van der Waals surface area contributed by atoms with Crippen molar-refractivity contribution in [1.82, 2.24) is 15.8 Å². The summed E-state index contributed by atoms with van der Waals surface area (Å²) in [5, 5.41) is 10.3. The first-order chi connectivity index (χ1) is 19.6. The molecule has 2 aromatic carbocycles. The van der Waals surface area contributed by atoms with Crippen molar-refractivity contribution in [3.05, 3.63) is 114 Å². The number of hydrogen-bond donors (Lipinski definition) is 2. The summed E-state index contributed by atoms with van der Waals surface area (Å²) >= 11 is 0. The number of pyridine rings is 3. The molecule has 9 nitrogen and oxygen atoms in total. The summed E-state index contributed by atoms with van der Waals surface area (Å²) in [5.74, 6) is -1.06. The SMILES string of the molecule is CC[n+]1cccc2cc(C=NNC(=O)c3cccc(C(=O)NN=Cc4ccc5c(ccc[n+]5CC)c4)n3)ccc21. The van der Waals surface area contributed by atoms with E-state index in [4.69, 9.17) is 0 Å². The van der Waals surface area contributed by atoms with Crippen LogP contribution in [0.5, 0.6) is 0 Å². The third-order valence-electron chi connectivity index (χ3n) is 6.46. The first kappa shape index (κ1) is 26.3. The number of rotatable bonds is 8. The van der Waals surface area contributed by atoms with Crippen LogP contribution in [0.1, 0.15) is 46.0 Å². The van der Waals surface area contributed by atoms with Gasteiger partial charge in [-0.1, -0.05) is 6.07 Å². The molecule has 0 spiro atoms. The molecular weight excluding hydrogens is 502 g/mol. The molecule has 0 aliphatic heterocycles. The molecule has 0 atom stereocenters. The van der Waals surface area contributed by atoms with Crippen molar-refractivity contribution in [2.24, 2.45) is 10.2 Å². The van der Waals surface area contributed by atoms with E-state index in [2.05, 4.69) is 49.0 Å². The molecule has 0 bridgehead atoms. The predicted molar refractivity (Wildman–Crippen MR) is 154 cm³/mol. The number of aryl methyl sites for hydroxylation is 2. The van der Waals surface area contributed by atoms with Gasteiger partial charge in [-0.15, -0.1) is 0 Å². The molecule has 0 unspecified atom stereocenters. The van der Waals surface area contributed by atoms with E-state index in [0.29, 0.717) is 0 Å². The molecule has 0 aliphatic carbocycles. The van der Waals surface area contributed by atoms with Gasteiger partial charge < -0.3 is 0 Å². The van der Waals surface area contributed by atoms with Gasteiger partial charge in [-0.25, -0.2) is 15.8 Å². The largest absolute Gasteiger partial charge is 0.289 e. The zero-order valence-electron chi connectivity index (χ0n) is 22.3. The van der Waals surface area contributed by atoms with Crippen molar-refractivity contribution in [2.45, 2.75) is 26.9 Å². The van der Waals surface area contributed by atoms with Crippen LogP contribution in [-0.4, -0.2) is 29.2 Å². The summed E-state index contributed by atoms with van der Waals surface area (Å²) in [6.45, 7) is 5.94. The van der Waals surface area contributed by atoms with Crippen LogP contribution in [0.3, 0.4) is 0 Å². The molecule has 5 rings (SSSR count). The zero-order valence-corrected chi connectivity index (χ0v) is 22.3. The maximum Gasteiger partial charge on any atom is 0.289 e. The lowest BCUT2D eigenvalue weighted by Gasteiger charge is -2.03. The normalized spacial score (nSPS) is 11.4. The van der Waals surface area contributed by atoms with Gasteiger partial charge in [-0.2, -0.15) is 19.3 Å².